The second-order valence-corrected chi connectivity index (χ2v) is 13.5. The van der Waals surface area contributed by atoms with Gasteiger partial charge in [-0.05, 0) is 69.3 Å². The highest BCUT2D eigenvalue weighted by molar-refractivity contribution is 7.92. The number of carbonyl (C=O) groups is 2. The Hall–Kier alpha value is -3.74. The third-order valence-electron chi connectivity index (χ3n) is 8.26. The van der Waals surface area contributed by atoms with Crippen molar-refractivity contribution in [3.8, 4) is 0 Å². The van der Waals surface area contributed by atoms with Crippen LogP contribution in [-0.4, -0.2) is 79.8 Å². The van der Waals surface area contributed by atoms with Crippen molar-refractivity contribution in [2.24, 2.45) is 0 Å². The van der Waals surface area contributed by atoms with Crippen LogP contribution in [0.15, 0.2) is 59.2 Å². The molecule has 11 nitrogen and oxygen atoms in total. The van der Waals surface area contributed by atoms with Crippen molar-refractivity contribution in [1.82, 2.24) is 20.5 Å². The fraction of sp³-hybridized carbons (Fsp3) is 0.452. The van der Waals surface area contributed by atoms with E-state index in [4.69, 9.17) is 4.42 Å². The highest BCUT2D eigenvalue weighted by Crippen LogP contribution is 2.33. The SMILES string of the molecule is Cc1coc(C2CCCN2C(=O)c2cc(C(=O)N[C@@H](Cc3ccccc3)[C@H](O)[C@H]3CCCN3)cc(N(C)S(C)(=O)=O)c2)n1. The maximum atomic E-state index is 13.9. The summed E-state index contributed by atoms with van der Waals surface area (Å²) in [4.78, 5) is 33.8. The second-order valence-electron chi connectivity index (χ2n) is 11.4. The van der Waals surface area contributed by atoms with Gasteiger partial charge in [-0.25, -0.2) is 13.4 Å². The van der Waals surface area contributed by atoms with Crippen LogP contribution in [0.2, 0.25) is 0 Å². The molecule has 2 aliphatic rings. The average Bonchev–Trinajstić information content (AvgIpc) is 3.78. The number of aliphatic hydroxyl groups is 1. The number of nitrogens with one attached hydrogen (secondary N) is 2. The van der Waals surface area contributed by atoms with Gasteiger partial charge in [-0.2, -0.15) is 0 Å². The molecule has 2 aliphatic heterocycles. The molecule has 2 aromatic carbocycles. The summed E-state index contributed by atoms with van der Waals surface area (Å²) in [5, 5.41) is 17.6. The van der Waals surface area contributed by atoms with Gasteiger partial charge >= 0.3 is 0 Å². The van der Waals surface area contributed by atoms with Crippen LogP contribution in [0.25, 0.3) is 0 Å². The zero-order valence-corrected chi connectivity index (χ0v) is 25.5. The fourth-order valence-corrected chi connectivity index (χ4v) is 6.35. The Kier molecular flexibility index (Phi) is 9.19. The molecule has 3 aromatic rings. The summed E-state index contributed by atoms with van der Waals surface area (Å²) in [6.45, 7) is 3.08. The van der Waals surface area contributed by atoms with E-state index in [1.54, 1.807) is 11.2 Å². The van der Waals surface area contributed by atoms with Crippen LogP contribution < -0.4 is 14.9 Å². The molecular formula is C31H39N5O6S. The van der Waals surface area contributed by atoms with Gasteiger partial charge in [0.1, 0.15) is 12.3 Å². The Labute approximate surface area is 252 Å². The van der Waals surface area contributed by atoms with Crippen molar-refractivity contribution >= 4 is 27.5 Å². The number of anilines is 1. The van der Waals surface area contributed by atoms with Crippen LogP contribution in [0.5, 0.6) is 0 Å². The molecule has 230 valence electrons. The monoisotopic (exact) mass is 609 g/mol. The van der Waals surface area contributed by atoms with Crippen LogP contribution in [0, 0.1) is 6.92 Å². The standard InChI is InChI=1S/C31H39N5O6S/c1-20-19-42-30(33-20)27-12-8-14-36(27)31(39)23-16-22(17-24(18-23)35(2)43(3,40)41)29(38)34-26(15-21-9-5-4-6-10-21)28(37)25-11-7-13-32-25/h4-6,9-10,16-19,25-28,32,37H,7-8,11-15H2,1-3H3,(H,34,38)/t25-,26+,27?,28-/m1/s1. The van der Waals surface area contributed by atoms with Crippen LogP contribution in [0.1, 0.15) is 69.6 Å². The van der Waals surface area contributed by atoms with Gasteiger partial charge in [-0.15, -0.1) is 0 Å². The van der Waals surface area contributed by atoms with Gasteiger partial charge in [-0.1, -0.05) is 30.3 Å². The number of benzene rings is 2. The van der Waals surface area contributed by atoms with Gasteiger partial charge in [0.05, 0.1) is 29.8 Å². The van der Waals surface area contributed by atoms with Crippen LogP contribution >= 0.6 is 0 Å². The molecule has 0 spiro atoms. The number of carbonyl (C=O) groups excluding carboxylic acids is 2. The molecule has 3 heterocycles. The molecule has 0 aliphatic carbocycles. The second kappa shape index (κ2) is 12.9. The van der Waals surface area contributed by atoms with E-state index in [2.05, 4.69) is 15.6 Å². The molecule has 2 fully saturated rings. The molecule has 5 rings (SSSR count). The van der Waals surface area contributed by atoms with Crippen molar-refractivity contribution < 1.29 is 27.5 Å². The Morgan fingerprint density at radius 1 is 1.16 bits per heavy atom. The molecule has 0 radical (unpaired) electrons. The maximum absolute atomic E-state index is 13.9. The summed E-state index contributed by atoms with van der Waals surface area (Å²) in [5.41, 5.74) is 2.13. The predicted molar refractivity (Wildman–Crippen MR) is 162 cm³/mol. The lowest BCUT2D eigenvalue weighted by atomic mass is 9.95. The molecule has 0 bridgehead atoms. The largest absolute Gasteiger partial charge is 0.446 e. The van der Waals surface area contributed by atoms with E-state index in [-0.39, 0.29) is 34.8 Å². The summed E-state index contributed by atoms with van der Waals surface area (Å²) < 4.78 is 31.6. The smallest absolute Gasteiger partial charge is 0.254 e. The molecule has 4 atom stereocenters. The predicted octanol–water partition coefficient (Wildman–Crippen LogP) is 2.81. The first kappa shape index (κ1) is 30.7. The number of amides is 2. The topological polar surface area (TPSA) is 145 Å². The first-order valence-electron chi connectivity index (χ1n) is 14.6. The van der Waals surface area contributed by atoms with Crippen molar-refractivity contribution in [3.63, 3.8) is 0 Å². The quantitative estimate of drug-likeness (QED) is 0.318. The van der Waals surface area contributed by atoms with E-state index in [0.717, 1.165) is 41.9 Å². The zero-order chi connectivity index (χ0) is 30.7. The Bertz CT molecular complexity index is 1550. The van der Waals surface area contributed by atoms with E-state index in [1.807, 2.05) is 37.3 Å². The zero-order valence-electron chi connectivity index (χ0n) is 24.7. The third kappa shape index (κ3) is 7.09. The molecule has 2 saturated heterocycles. The number of sulfonamides is 1. The third-order valence-corrected chi connectivity index (χ3v) is 9.47. The van der Waals surface area contributed by atoms with E-state index < -0.39 is 28.1 Å². The lowest BCUT2D eigenvalue weighted by Crippen LogP contribution is -2.52. The van der Waals surface area contributed by atoms with Gasteiger partial charge in [0.2, 0.25) is 15.9 Å². The first-order valence-corrected chi connectivity index (χ1v) is 16.4. The van der Waals surface area contributed by atoms with Crippen molar-refractivity contribution in [2.75, 3.05) is 30.7 Å². The number of hydrogen-bond donors (Lipinski definition) is 3. The summed E-state index contributed by atoms with van der Waals surface area (Å²) in [7, 11) is -2.32. The van der Waals surface area contributed by atoms with Crippen LogP contribution in [-0.2, 0) is 16.4 Å². The Morgan fingerprint density at radius 3 is 2.56 bits per heavy atom. The molecule has 1 aromatic heterocycles. The number of aromatic nitrogens is 1. The summed E-state index contributed by atoms with van der Waals surface area (Å²) in [6.07, 6.45) is 5.29. The molecule has 12 heteroatoms. The average molecular weight is 610 g/mol. The maximum Gasteiger partial charge on any atom is 0.254 e. The van der Waals surface area contributed by atoms with E-state index in [1.165, 1.54) is 25.2 Å². The van der Waals surface area contributed by atoms with Gasteiger partial charge < -0.3 is 25.1 Å². The normalized spacial score (nSPS) is 20.1. The number of oxazole rings is 1. The lowest BCUT2D eigenvalue weighted by molar-refractivity contribution is 0.0715. The minimum absolute atomic E-state index is 0.115. The number of likely N-dealkylation sites (tertiary alicyclic amines) is 1. The van der Waals surface area contributed by atoms with E-state index in [9.17, 15) is 23.1 Å². The lowest BCUT2D eigenvalue weighted by Gasteiger charge is -2.29. The van der Waals surface area contributed by atoms with Crippen molar-refractivity contribution in [1.29, 1.82) is 0 Å². The molecular weight excluding hydrogens is 570 g/mol. The Morgan fingerprint density at radius 2 is 1.91 bits per heavy atom. The fourth-order valence-electron chi connectivity index (χ4n) is 5.86. The van der Waals surface area contributed by atoms with Gasteiger partial charge in [0.15, 0.2) is 0 Å². The molecule has 43 heavy (non-hydrogen) atoms. The summed E-state index contributed by atoms with van der Waals surface area (Å²) >= 11 is 0. The highest BCUT2D eigenvalue weighted by atomic mass is 32.2. The minimum atomic E-state index is -3.70. The van der Waals surface area contributed by atoms with Gasteiger partial charge in [0, 0.05) is 30.8 Å². The number of nitrogens with zero attached hydrogens (tertiary/aromatic N) is 3. The van der Waals surface area contributed by atoms with E-state index >= 15 is 0 Å². The van der Waals surface area contributed by atoms with Gasteiger partial charge in [-0.3, -0.25) is 13.9 Å². The number of rotatable bonds is 10. The summed E-state index contributed by atoms with van der Waals surface area (Å²) in [6, 6.07) is 12.8. The number of hydrogen-bond acceptors (Lipinski definition) is 8. The number of aliphatic hydroxyl groups excluding tert-OH is 1. The number of aryl methyl sites for hydroxylation is 1. The molecule has 0 saturated carbocycles. The Balaban J connectivity index is 1.47. The molecule has 1 unspecified atom stereocenters. The molecule has 2 amide bonds. The van der Waals surface area contributed by atoms with Crippen LogP contribution in [0.3, 0.4) is 0 Å². The van der Waals surface area contributed by atoms with E-state index in [0.29, 0.717) is 31.0 Å². The summed E-state index contributed by atoms with van der Waals surface area (Å²) in [5.74, 6) is -0.423. The van der Waals surface area contributed by atoms with Crippen molar-refractivity contribution in [3.05, 3.63) is 83.1 Å². The van der Waals surface area contributed by atoms with Crippen LogP contribution in [0.4, 0.5) is 5.69 Å². The molecule has 3 N–H and O–H groups in total. The minimum Gasteiger partial charge on any atom is -0.446 e. The van der Waals surface area contributed by atoms with Crippen molar-refractivity contribution in [2.45, 2.75) is 63.3 Å². The highest BCUT2D eigenvalue weighted by Gasteiger charge is 2.35. The first-order chi connectivity index (χ1) is 20.5. The van der Waals surface area contributed by atoms with Gasteiger partial charge in [0.25, 0.3) is 11.8 Å².